The molecule has 0 aliphatic heterocycles. The molecular formula is C14H19ClN2O. The molecule has 0 spiro atoms. The third kappa shape index (κ3) is 3.24. The van der Waals surface area contributed by atoms with Gasteiger partial charge < -0.3 is 11.1 Å². The predicted octanol–water partition coefficient (Wildman–Crippen LogP) is 2.48. The fourth-order valence-corrected chi connectivity index (χ4v) is 2.59. The van der Waals surface area contributed by atoms with Crippen molar-refractivity contribution < 1.29 is 4.79 Å². The predicted molar refractivity (Wildman–Crippen MR) is 73.3 cm³/mol. The van der Waals surface area contributed by atoms with Crippen LogP contribution < -0.4 is 11.1 Å². The number of hydrogen-bond donors (Lipinski definition) is 2. The van der Waals surface area contributed by atoms with Crippen molar-refractivity contribution in [3.63, 3.8) is 0 Å². The molecule has 1 aliphatic carbocycles. The first kappa shape index (κ1) is 13.4. The SMILES string of the molecule is NCC1(CC(=O)NCc2cccc(Cl)c2)CCC1. The van der Waals surface area contributed by atoms with Crippen molar-refractivity contribution in [3.8, 4) is 0 Å². The van der Waals surface area contributed by atoms with Gasteiger partial charge in [-0.1, -0.05) is 30.2 Å². The molecule has 1 amide bonds. The monoisotopic (exact) mass is 266 g/mol. The maximum Gasteiger partial charge on any atom is 0.220 e. The zero-order valence-electron chi connectivity index (χ0n) is 10.4. The fourth-order valence-electron chi connectivity index (χ4n) is 2.38. The van der Waals surface area contributed by atoms with Gasteiger partial charge in [0.15, 0.2) is 0 Å². The second-order valence-electron chi connectivity index (χ2n) is 5.14. The van der Waals surface area contributed by atoms with Crippen molar-refractivity contribution >= 4 is 17.5 Å². The summed E-state index contributed by atoms with van der Waals surface area (Å²) in [5, 5.41) is 3.62. The van der Waals surface area contributed by atoms with Crippen molar-refractivity contribution in [1.82, 2.24) is 5.32 Å². The van der Waals surface area contributed by atoms with Gasteiger partial charge in [0.2, 0.25) is 5.91 Å². The van der Waals surface area contributed by atoms with E-state index in [0.29, 0.717) is 24.5 Å². The largest absolute Gasteiger partial charge is 0.352 e. The Hall–Kier alpha value is -1.06. The van der Waals surface area contributed by atoms with E-state index in [2.05, 4.69) is 5.32 Å². The molecule has 1 saturated carbocycles. The van der Waals surface area contributed by atoms with Crippen LogP contribution in [0.15, 0.2) is 24.3 Å². The normalized spacial score (nSPS) is 17.0. The fraction of sp³-hybridized carbons (Fsp3) is 0.500. The summed E-state index contributed by atoms with van der Waals surface area (Å²) < 4.78 is 0. The second kappa shape index (κ2) is 5.72. The Morgan fingerprint density at radius 2 is 2.22 bits per heavy atom. The zero-order chi connectivity index (χ0) is 13.0. The highest BCUT2D eigenvalue weighted by molar-refractivity contribution is 6.30. The van der Waals surface area contributed by atoms with Gasteiger partial charge in [0.05, 0.1) is 0 Å². The first-order valence-electron chi connectivity index (χ1n) is 6.35. The van der Waals surface area contributed by atoms with E-state index in [1.165, 1.54) is 6.42 Å². The molecule has 3 N–H and O–H groups in total. The summed E-state index contributed by atoms with van der Waals surface area (Å²) in [7, 11) is 0. The highest BCUT2D eigenvalue weighted by Crippen LogP contribution is 2.42. The molecule has 0 atom stereocenters. The molecule has 3 nitrogen and oxygen atoms in total. The highest BCUT2D eigenvalue weighted by atomic mass is 35.5. The standard InChI is InChI=1S/C14H19ClN2O/c15-12-4-1-3-11(7-12)9-17-13(18)8-14(10-16)5-2-6-14/h1,3-4,7H,2,5-6,8-10,16H2,(H,17,18). The quantitative estimate of drug-likeness (QED) is 0.860. The molecule has 18 heavy (non-hydrogen) atoms. The van der Waals surface area contributed by atoms with E-state index < -0.39 is 0 Å². The smallest absolute Gasteiger partial charge is 0.220 e. The Morgan fingerprint density at radius 1 is 1.44 bits per heavy atom. The number of rotatable bonds is 5. The lowest BCUT2D eigenvalue weighted by Gasteiger charge is -2.40. The van der Waals surface area contributed by atoms with Crippen LogP contribution in [0.4, 0.5) is 0 Å². The molecular weight excluding hydrogens is 248 g/mol. The Kier molecular flexibility index (Phi) is 4.25. The summed E-state index contributed by atoms with van der Waals surface area (Å²) in [5.41, 5.74) is 6.83. The molecule has 98 valence electrons. The number of amides is 1. The topological polar surface area (TPSA) is 55.1 Å². The van der Waals surface area contributed by atoms with Gasteiger partial charge in [-0.25, -0.2) is 0 Å². The lowest BCUT2D eigenvalue weighted by atomic mass is 9.66. The average molecular weight is 267 g/mol. The van der Waals surface area contributed by atoms with Crippen LogP contribution in [0.1, 0.15) is 31.2 Å². The van der Waals surface area contributed by atoms with Gasteiger partial charge in [-0.2, -0.15) is 0 Å². The minimum atomic E-state index is 0.0679. The third-order valence-corrected chi connectivity index (χ3v) is 4.00. The Labute approximate surface area is 113 Å². The summed E-state index contributed by atoms with van der Waals surface area (Å²) in [6.07, 6.45) is 3.89. The lowest BCUT2D eigenvalue weighted by Crippen LogP contribution is -2.41. The van der Waals surface area contributed by atoms with Gasteiger partial charge in [0.25, 0.3) is 0 Å². The number of halogens is 1. The molecule has 1 aromatic rings. The molecule has 2 rings (SSSR count). The number of carbonyl (C=O) groups excluding carboxylic acids is 1. The van der Waals surface area contributed by atoms with E-state index in [1.807, 2.05) is 24.3 Å². The van der Waals surface area contributed by atoms with E-state index in [-0.39, 0.29) is 11.3 Å². The molecule has 4 heteroatoms. The summed E-state index contributed by atoms with van der Waals surface area (Å²) in [6.45, 7) is 1.14. The molecule has 0 unspecified atom stereocenters. The maximum absolute atomic E-state index is 11.9. The Balaban J connectivity index is 1.81. The third-order valence-electron chi connectivity index (χ3n) is 3.76. The van der Waals surface area contributed by atoms with Crippen LogP contribution in [0, 0.1) is 5.41 Å². The van der Waals surface area contributed by atoms with Crippen molar-refractivity contribution in [2.24, 2.45) is 11.1 Å². The van der Waals surface area contributed by atoms with Crippen LogP contribution in [0.2, 0.25) is 5.02 Å². The van der Waals surface area contributed by atoms with E-state index in [1.54, 1.807) is 0 Å². The van der Waals surface area contributed by atoms with Gasteiger partial charge in [-0.05, 0) is 42.5 Å². The molecule has 1 aromatic carbocycles. The maximum atomic E-state index is 11.9. The van der Waals surface area contributed by atoms with Crippen LogP contribution in [0.25, 0.3) is 0 Å². The van der Waals surface area contributed by atoms with Crippen molar-refractivity contribution in [1.29, 1.82) is 0 Å². The van der Waals surface area contributed by atoms with Gasteiger partial charge in [0.1, 0.15) is 0 Å². The molecule has 0 radical (unpaired) electrons. The molecule has 0 saturated heterocycles. The number of nitrogens with two attached hydrogens (primary N) is 1. The minimum Gasteiger partial charge on any atom is -0.352 e. The average Bonchev–Trinajstić information content (AvgIpc) is 2.31. The first-order valence-corrected chi connectivity index (χ1v) is 6.73. The van der Waals surface area contributed by atoms with Gasteiger partial charge >= 0.3 is 0 Å². The van der Waals surface area contributed by atoms with Gasteiger partial charge in [-0.3, -0.25) is 4.79 Å². The summed E-state index contributed by atoms with van der Waals surface area (Å²) in [5.74, 6) is 0.0834. The Morgan fingerprint density at radius 3 is 2.78 bits per heavy atom. The second-order valence-corrected chi connectivity index (χ2v) is 5.58. The van der Waals surface area contributed by atoms with Crippen molar-refractivity contribution in [2.45, 2.75) is 32.2 Å². The molecule has 0 bridgehead atoms. The zero-order valence-corrected chi connectivity index (χ0v) is 11.2. The highest BCUT2D eigenvalue weighted by Gasteiger charge is 2.37. The van der Waals surface area contributed by atoms with E-state index in [0.717, 1.165) is 18.4 Å². The number of nitrogens with one attached hydrogen (secondary N) is 1. The van der Waals surface area contributed by atoms with Crippen LogP contribution in [0.3, 0.4) is 0 Å². The van der Waals surface area contributed by atoms with Crippen molar-refractivity contribution in [2.75, 3.05) is 6.54 Å². The first-order chi connectivity index (χ1) is 8.63. The van der Waals surface area contributed by atoms with Crippen LogP contribution in [-0.4, -0.2) is 12.5 Å². The minimum absolute atomic E-state index is 0.0679. The molecule has 0 heterocycles. The lowest BCUT2D eigenvalue weighted by molar-refractivity contribution is -0.124. The molecule has 0 aromatic heterocycles. The molecule has 1 aliphatic rings. The van der Waals surface area contributed by atoms with Gasteiger partial charge in [-0.15, -0.1) is 0 Å². The Bertz CT molecular complexity index is 424. The number of benzene rings is 1. The van der Waals surface area contributed by atoms with Gasteiger partial charge in [0, 0.05) is 18.0 Å². The summed E-state index contributed by atoms with van der Waals surface area (Å²) in [6, 6.07) is 7.53. The summed E-state index contributed by atoms with van der Waals surface area (Å²) in [4.78, 5) is 11.9. The van der Waals surface area contributed by atoms with Crippen LogP contribution in [0.5, 0.6) is 0 Å². The van der Waals surface area contributed by atoms with E-state index in [9.17, 15) is 4.79 Å². The number of carbonyl (C=O) groups is 1. The van der Waals surface area contributed by atoms with E-state index in [4.69, 9.17) is 17.3 Å². The summed E-state index contributed by atoms with van der Waals surface area (Å²) >= 11 is 5.89. The van der Waals surface area contributed by atoms with Crippen LogP contribution >= 0.6 is 11.6 Å². The number of hydrogen-bond acceptors (Lipinski definition) is 2. The van der Waals surface area contributed by atoms with E-state index >= 15 is 0 Å². The van der Waals surface area contributed by atoms with Crippen molar-refractivity contribution in [3.05, 3.63) is 34.9 Å². The molecule has 1 fully saturated rings. The van der Waals surface area contributed by atoms with Crippen LogP contribution in [-0.2, 0) is 11.3 Å².